The minimum absolute atomic E-state index is 0.0707. The summed E-state index contributed by atoms with van der Waals surface area (Å²) in [5.74, 6) is 0.833. The van der Waals surface area contributed by atoms with E-state index in [1.165, 1.54) is 0 Å². The quantitative estimate of drug-likeness (QED) is 0.759. The molecule has 1 aromatic carbocycles. The molecule has 0 N–H and O–H groups in total. The number of hydrogen-bond acceptors (Lipinski definition) is 3. The third-order valence-corrected chi connectivity index (χ3v) is 3.31. The number of rotatable bonds is 3. The third kappa shape index (κ3) is 1.99. The maximum atomic E-state index is 12.1. The molecule has 0 spiro atoms. The lowest BCUT2D eigenvalue weighted by Crippen LogP contribution is -2.01. The molecule has 0 saturated heterocycles. The molecule has 82 valence electrons. The van der Waals surface area contributed by atoms with E-state index in [-0.39, 0.29) is 5.78 Å². The Bertz CT molecular complexity index is 497. The molecular weight excluding hydrogens is 220 g/mol. The molecule has 0 aliphatic heterocycles. The summed E-state index contributed by atoms with van der Waals surface area (Å²) in [7, 11) is 1.61. The summed E-state index contributed by atoms with van der Waals surface area (Å²) in [6.45, 7) is 1.95. The van der Waals surface area contributed by atoms with Crippen LogP contribution in [-0.2, 0) is 0 Å². The summed E-state index contributed by atoms with van der Waals surface area (Å²) in [5.41, 5.74) is 2.52. The van der Waals surface area contributed by atoms with Gasteiger partial charge < -0.3 is 4.74 Å². The molecule has 2 nitrogen and oxygen atoms in total. The van der Waals surface area contributed by atoms with Gasteiger partial charge in [0.2, 0.25) is 0 Å². The Morgan fingerprint density at radius 1 is 1.19 bits per heavy atom. The van der Waals surface area contributed by atoms with Crippen LogP contribution < -0.4 is 4.74 Å². The molecule has 1 aromatic heterocycles. The number of thiophene rings is 1. The van der Waals surface area contributed by atoms with Crippen LogP contribution in [0.4, 0.5) is 0 Å². The van der Waals surface area contributed by atoms with Crippen LogP contribution in [0.2, 0.25) is 0 Å². The van der Waals surface area contributed by atoms with Gasteiger partial charge >= 0.3 is 0 Å². The fourth-order valence-corrected chi connectivity index (χ4v) is 2.32. The highest BCUT2D eigenvalue weighted by Gasteiger charge is 2.12. The van der Waals surface area contributed by atoms with Crippen molar-refractivity contribution in [1.82, 2.24) is 0 Å². The normalized spacial score (nSPS) is 10.1. The van der Waals surface area contributed by atoms with Gasteiger partial charge in [0, 0.05) is 16.5 Å². The highest BCUT2D eigenvalue weighted by Crippen LogP contribution is 2.19. The van der Waals surface area contributed by atoms with Crippen molar-refractivity contribution in [2.24, 2.45) is 0 Å². The topological polar surface area (TPSA) is 26.3 Å². The van der Waals surface area contributed by atoms with Crippen LogP contribution in [0.1, 0.15) is 21.5 Å². The highest BCUT2D eigenvalue weighted by molar-refractivity contribution is 7.08. The predicted molar refractivity (Wildman–Crippen MR) is 65.5 cm³/mol. The van der Waals surface area contributed by atoms with E-state index in [0.29, 0.717) is 5.56 Å². The molecule has 0 atom stereocenters. The van der Waals surface area contributed by atoms with Crippen LogP contribution in [0.25, 0.3) is 0 Å². The maximum Gasteiger partial charge on any atom is 0.194 e. The van der Waals surface area contributed by atoms with E-state index < -0.39 is 0 Å². The second kappa shape index (κ2) is 4.49. The van der Waals surface area contributed by atoms with Crippen molar-refractivity contribution in [3.63, 3.8) is 0 Å². The summed E-state index contributed by atoms with van der Waals surface area (Å²) in [4.78, 5) is 12.1. The molecule has 0 radical (unpaired) electrons. The average Bonchev–Trinajstić information content (AvgIpc) is 2.75. The van der Waals surface area contributed by atoms with E-state index in [1.807, 2.05) is 17.7 Å². The number of aryl methyl sites for hydroxylation is 1. The molecule has 3 heteroatoms. The Labute approximate surface area is 98.5 Å². The fourth-order valence-electron chi connectivity index (χ4n) is 1.49. The standard InChI is InChI=1S/C13H12O2S/c1-9-7-16-8-12(9)13(14)10-3-5-11(15-2)6-4-10/h3-8H,1-2H3. The van der Waals surface area contributed by atoms with Crippen molar-refractivity contribution in [3.05, 3.63) is 51.7 Å². The van der Waals surface area contributed by atoms with Crippen LogP contribution in [0.3, 0.4) is 0 Å². The maximum absolute atomic E-state index is 12.1. The zero-order chi connectivity index (χ0) is 11.5. The number of carbonyl (C=O) groups is 1. The van der Waals surface area contributed by atoms with Crippen LogP contribution >= 0.6 is 11.3 Å². The molecule has 0 unspecified atom stereocenters. The molecule has 0 saturated carbocycles. The first-order valence-electron chi connectivity index (χ1n) is 4.94. The molecule has 0 bridgehead atoms. The van der Waals surface area contributed by atoms with Gasteiger partial charge in [-0.15, -0.1) is 0 Å². The fraction of sp³-hybridized carbons (Fsp3) is 0.154. The van der Waals surface area contributed by atoms with Gasteiger partial charge in [0.1, 0.15) is 5.75 Å². The Hall–Kier alpha value is -1.61. The van der Waals surface area contributed by atoms with Gasteiger partial charge in [-0.05, 0) is 42.1 Å². The number of ketones is 1. The predicted octanol–water partition coefficient (Wildman–Crippen LogP) is 3.30. The molecule has 0 aliphatic rings. The van der Waals surface area contributed by atoms with E-state index in [0.717, 1.165) is 16.9 Å². The minimum Gasteiger partial charge on any atom is -0.497 e. The van der Waals surface area contributed by atoms with Gasteiger partial charge in [0.25, 0.3) is 0 Å². The third-order valence-electron chi connectivity index (χ3n) is 2.45. The summed E-state index contributed by atoms with van der Waals surface area (Å²) in [5, 5.41) is 3.87. The summed E-state index contributed by atoms with van der Waals surface area (Å²) < 4.78 is 5.05. The number of benzene rings is 1. The molecule has 0 amide bonds. The Morgan fingerprint density at radius 2 is 1.88 bits per heavy atom. The van der Waals surface area contributed by atoms with E-state index >= 15 is 0 Å². The van der Waals surface area contributed by atoms with Crippen molar-refractivity contribution in [2.75, 3.05) is 7.11 Å². The molecule has 1 heterocycles. The van der Waals surface area contributed by atoms with Gasteiger partial charge in [-0.25, -0.2) is 0 Å². The van der Waals surface area contributed by atoms with Gasteiger partial charge in [-0.3, -0.25) is 4.79 Å². The second-order valence-corrected chi connectivity index (χ2v) is 4.27. The van der Waals surface area contributed by atoms with Crippen LogP contribution in [0, 0.1) is 6.92 Å². The van der Waals surface area contributed by atoms with Gasteiger partial charge in [-0.2, -0.15) is 11.3 Å². The van der Waals surface area contributed by atoms with Gasteiger partial charge in [-0.1, -0.05) is 0 Å². The zero-order valence-corrected chi connectivity index (χ0v) is 10.0. The van der Waals surface area contributed by atoms with E-state index in [2.05, 4.69) is 0 Å². The van der Waals surface area contributed by atoms with Crippen LogP contribution in [0.5, 0.6) is 5.75 Å². The summed E-state index contributed by atoms with van der Waals surface area (Å²) >= 11 is 1.55. The largest absolute Gasteiger partial charge is 0.497 e. The molecule has 2 aromatic rings. The van der Waals surface area contributed by atoms with E-state index in [4.69, 9.17) is 4.74 Å². The summed E-state index contributed by atoms with van der Waals surface area (Å²) in [6, 6.07) is 7.18. The lowest BCUT2D eigenvalue weighted by molar-refractivity contribution is 0.103. The molecule has 0 fully saturated rings. The monoisotopic (exact) mass is 232 g/mol. The SMILES string of the molecule is COc1ccc(C(=O)c2cscc2C)cc1. The number of ether oxygens (including phenoxy) is 1. The second-order valence-electron chi connectivity index (χ2n) is 3.53. The number of carbonyl (C=O) groups excluding carboxylic acids is 1. The number of methoxy groups -OCH3 is 1. The zero-order valence-electron chi connectivity index (χ0n) is 9.19. The van der Waals surface area contributed by atoms with E-state index in [9.17, 15) is 4.79 Å². The minimum atomic E-state index is 0.0707. The number of hydrogen-bond donors (Lipinski definition) is 0. The van der Waals surface area contributed by atoms with Gasteiger partial charge in [0.15, 0.2) is 5.78 Å². The Morgan fingerprint density at radius 3 is 2.38 bits per heavy atom. The van der Waals surface area contributed by atoms with Crippen molar-refractivity contribution in [1.29, 1.82) is 0 Å². The van der Waals surface area contributed by atoms with Crippen LogP contribution in [-0.4, -0.2) is 12.9 Å². The molecule has 0 aliphatic carbocycles. The Balaban J connectivity index is 2.31. The first kappa shape index (κ1) is 10.9. The van der Waals surface area contributed by atoms with Crippen molar-refractivity contribution >= 4 is 17.1 Å². The average molecular weight is 232 g/mol. The van der Waals surface area contributed by atoms with Crippen molar-refractivity contribution < 1.29 is 9.53 Å². The van der Waals surface area contributed by atoms with Crippen molar-refractivity contribution in [3.8, 4) is 5.75 Å². The smallest absolute Gasteiger partial charge is 0.194 e. The first-order chi connectivity index (χ1) is 7.72. The van der Waals surface area contributed by atoms with Crippen LogP contribution in [0.15, 0.2) is 35.0 Å². The highest BCUT2D eigenvalue weighted by atomic mass is 32.1. The molecule has 16 heavy (non-hydrogen) atoms. The van der Waals surface area contributed by atoms with E-state index in [1.54, 1.807) is 42.7 Å². The lowest BCUT2D eigenvalue weighted by Gasteiger charge is -2.02. The Kier molecular flexibility index (Phi) is 3.06. The molecule has 2 rings (SSSR count). The van der Waals surface area contributed by atoms with Crippen molar-refractivity contribution in [2.45, 2.75) is 6.92 Å². The van der Waals surface area contributed by atoms with Gasteiger partial charge in [0.05, 0.1) is 7.11 Å². The summed E-state index contributed by atoms with van der Waals surface area (Å²) in [6.07, 6.45) is 0. The first-order valence-corrected chi connectivity index (χ1v) is 5.88. The lowest BCUT2D eigenvalue weighted by atomic mass is 10.0. The molecular formula is C13H12O2S.